The first kappa shape index (κ1) is 16.7. The lowest BCUT2D eigenvalue weighted by atomic mass is 9.90. The molecule has 1 aliphatic heterocycles. The zero-order chi connectivity index (χ0) is 12.2. The Hall–Kier alpha value is -0.280. The van der Waals surface area contributed by atoms with Gasteiger partial charge in [-0.2, -0.15) is 0 Å². The zero-order valence-electron chi connectivity index (χ0n) is 11.4. The molecular formula is C13H27ClN2O. The van der Waals surface area contributed by atoms with Crippen LogP contribution in [-0.2, 0) is 4.79 Å². The molecule has 0 aliphatic carbocycles. The highest BCUT2D eigenvalue weighted by Gasteiger charge is 2.21. The molecule has 1 fully saturated rings. The van der Waals surface area contributed by atoms with E-state index in [2.05, 4.69) is 20.8 Å². The number of piperidine rings is 1. The Labute approximate surface area is 112 Å². The van der Waals surface area contributed by atoms with Crippen LogP contribution in [0, 0.1) is 5.41 Å². The van der Waals surface area contributed by atoms with Crippen LogP contribution in [0.25, 0.3) is 0 Å². The summed E-state index contributed by atoms with van der Waals surface area (Å²) >= 11 is 0. The third kappa shape index (κ3) is 6.89. The maximum Gasteiger partial charge on any atom is 0.222 e. The highest BCUT2D eigenvalue weighted by Crippen LogP contribution is 2.22. The van der Waals surface area contributed by atoms with Crippen LogP contribution < -0.4 is 5.73 Å². The van der Waals surface area contributed by atoms with Crippen molar-refractivity contribution >= 4 is 18.3 Å². The van der Waals surface area contributed by atoms with E-state index in [0.29, 0.717) is 17.7 Å². The summed E-state index contributed by atoms with van der Waals surface area (Å²) in [4.78, 5) is 13.8. The predicted octanol–water partition coefficient (Wildman–Crippen LogP) is 2.57. The molecule has 1 heterocycles. The van der Waals surface area contributed by atoms with Crippen molar-refractivity contribution in [3.63, 3.8) is 0 Å². The summed E-state index contributed by atoms with van der Waals surface area (Å²) < 4.78 is 0. The van der Waals surface area contributed by atoms with Crippen molar-refractivity contribution in [1.82, 2.24) is 4.90 Å². The monoisotopic (exact) mass is 262 g/mol. The number of hydrogen-bond donors (Lipinski definition) is 1. The maximum atomic E-state index is 11.9. The largest absolute Gasteiger partial charge is 0.341 e. The van der Waals surface area contributed by atoms with E-state index in [1.807, 2.05) is 4.90 Å². The summed E-state index contributed by atoms with van der Waals surface area (Å²) in [5.74, 6) is 0.291. The minimum Gasteiger partial charge on any atom is -0.341 e. The number of rotatable bonds is 3. The number of nitrogens with zero attached hydrogens (tertiary/aromatic N) is 1. The van der Waals surface area contributed by atoms with Crippen LogP contribution >= 0.6 is 12.4 Å². The van der Waals surface area contributed by atoms with Crippen molar-refractivity contribution in [2.75, 3.05) is 13.1 Å². The Morgan fingerprint density at radius 3 is 2.59 bits per heavy atom. The molecule has 0 aromatic carbocycles. The number of nitrogens with two attached hydrogens (primary N) is 1. The number of amides is 1. The van der Waals surface area contributed by atoms with Crippen LogP contribution in [0.1, 0.15) is 52.9 Å². The molecule has 0 aromatic heterocycles. The summed E-state index contributed by atoms with van der Waals surface area (Å²) in [6, 6.07) is 0.195. The van der Waals surface area contributed by atoms with Gasteiger partial charge in [0.05, 0.1) is 0 Å². The Bertz CT molecular complexity index is 238. The molecule has 0 aromatic rings. The van der Waals surface area contributed by atoms with Crippen LogP contribution in [0.15, 0.2) is 0 Å². The van der Waals surface area contributed by atoms with Crippen molar-refractivity contribution in [2.45, 2.75) is 58.9 Å². The van der Waals surface area contributed by atoms with E-state index in [1.165, 1.54) is 0 Å². The van der Waals surface area contributed by atoms with Crippen molar-refractivity contribution in [2.24, 2.45) is 11.1 Å². The number of carbonyl (C=O) groups excluding carboxylic acids is 1. The Morgan fingerprint density at radius 1 is 1.41 bits per heavy atom. The SMILES string of the molecule is CC(C)(C)CCCC(=O)N1CCCC(N)C1.Cl. The average molecular weight is 263 g/mol. The normalized spacial score (nSPS) is 20.9. The van der Waals surface area contributed by atoms with Gasteiger partial charge in [-0.05, 0) is 31.1 Å². The van der Waals surface area contributed by atoms with E-state index in [0.717, 1.165) is 38.8 Å². The average Bonchev–Trinajstić information content (AvgIpc) is 2.15. The molecule has 2 N–H and O–H groups in total. The van der Waals surface area contributed by atoms with E-state index in [4.69, 9.17) is 5.73 Å². The van der Waals surface area contributed by atoms with Crippen LogP contribution in [0.5, 0.6) is 0 Å². The van der Waals surface area contributed by atoms with Gasteiger partial charge in [0.25, 0.3) is 0 Å². The van der Waals surface area contributed by atoms with Gasteiger partial charge in [0, 0.05) is 25.6 Å². The zero-order valence-corrected chi connectivity index (χ0v) is 12.2. The molecule has 17 heavy (non-hydrogen) atoms. The second-order valence-electron chi connectivity index (χ2n) is 6.16. The summed E-state index contributed by atoms with van der Waals surface area (Å²) in [6.45, 7) is 8.31. The van der Waals surface area contributed by atoms with Gasteiger partial charge in [-0.3, -0.25) is 4.79 Å². The maximum absolute atomic E-state index is 11.9. The summed E-state index contributed by atoms with van der Waals surface area (Å²) in [5.41, 5.74) is 6.20. The molecule has 1 aliphatic rings. The Balaban J connectivity index is 0.00000256. The van der Waals surface area contributed by atoms with Gasteiger partial charge in [-0.15, -0.1) is 12.4 Å². The second-order valence-corrected chi connectivity index (χ2v) is 6.16. The standard InChI is InChI=1S/C13H26N2O.ClH/c1-13(2,3)8-4-7-12(16)15-9-5-6-11(14)10-15;/h11H,4-10,14H2,1-3H3;1H. The molecular weight excluding hydrogens is 236 g/mol. The molecule has 4 heteroatoms. The van der Waals surface area contributed by atoms with Gasteiger partial charge in [-0.1, -0.05) is 20.8 Å². The van der Waals surface area contributed by atoms with Gasteiger partial charge in [0.15, 0.2) is 0 Å². The fraction of sp³-hybridized carbons (Fsp3) is 0.923. The minimum absolute atomic E-state index is 0. The van der Waals surface area contributed by atoms with Gasteiger partial charge in [-0.25, -0.2) is 0 Å². The molecule has 102 valence electrons. The lowest BCUT2D eigenvalue weighted by molar-refractivity contribution is -0.132. The van der Waals surface area contributed by atoms with Gasteiger partial charge >= 0.3 is 0 Å². The predicted molar refractivity (Wildman–Crippen MR) is 74.3 cm³/mol. The van der Waals surface area contributed by atoms with E-state index < -0.39 is 0 Å². The van der Waals surface area contributed by atoms with Crippen LogP contribution in [0.3, 0.4) is 0 Å². The minimum atomic E-state index is 0. The molecule has 1 rings (SSSR count). The fourth-order valence-corrected chi connectivity index (χ4v) is 2.16. The first-order valence-corrected chi connectivity index (χ1v) is 6.42. The van der Waals surface area contributed by atoms with Crippen LogP contribution in [0.2, 0.25) is 0 Å². The van der Waals surface area contributed by atoms with Gasteiger partial charge in [0.1, 0.15) is 0 Å². The Kier molecular flexibility index (Phi) is 7.10. The smallest absolute Gasteiger partial charge is 0.222 e. The third-order valence-electron chi connectivity index (χ3n) is 3.13. The van der Waals surface area contributed by atoms with Crippen molar-refractivity contribution in [3.8, 4) is 0 Å². The number of halogens is 1. The highest BCUT2D eigenvalue weighted by atomic mass is 35.5. The van der Waals surface area contributed by atoms with E-state index in [1.54, 1.807) is 0 Å². The molecule has 1 atom stereocenters. The fourth-order valence-electron chi connectivity index (χ4n) is 2.16. The molecule has 1 unspecified atom stereocenters. The molecule has 3 nitrogen and oxygen atoms in total. The van der Waals surface area contributed by atoms with E-state index in [9.17, 15) is 4.79 Å². The molecule has 0 saturated carbocycles. The lowest BCUT2D eigenvalue weighted by Gasteiger charge is -2.31. The Morgan fingerprint density at radius 2 is 2.06 bits per heavy atom. The lowest BCUT2D eigenvalue weighted by Crippen LogP contribution is -2.45. The van der Waals surface area contributed by atoms with Crippen molar-refractivity contribution in [3.05, 3.63) is 0 Å². The summed E-state index contributed by atoms with van der Waals surface area (Å²) in [7, 11) is 0. The number of hydrogen-bond acceptors (Lipinski definition) is 2. The van der Waals surface area contributed by atoms with Crippen LogP contribution in [-0.4, -0.2) is 29.9 Å². The topological polar surface area (TPSA) is 46.3 Å². The molecule has 1 saturated heterocycles. The molecule has 0 spiro atoms. The highest BCUT2D eigenvalue weighted by molar-refractivity contribution is 5.85. The van der Waals surface area contributed by atoms with Crippen LogP contribution in [0.4, 0.5) is 0 Å². The van der Waals surface area contributed by atoms with Gasteiger partial charge in [0.2, 0.25) is 5.91 Å². The first-order chi connectivity index (χ1) is 7.38. The summed E-state index contributed by atoms with van der Waals surface area (Å²) in [6.07, 6.45) is 4.91. The molecule has 1 amide bonds. The van der Waals surface area contributed by atoms with Crippen molar-refractivity contribution < 1.29 is 4.79 Å². The van der Waals surface area contributed by atoms with E-state index >= 15 is 0 Å². The second kappa shape index (κ2) is 7.22. The quantitative estimate of drug-likeness (QED) is 0.850. The first-order valence-electron chi connectivity index (χ1n) is 6.42. The summed E-state index contributed by atoms with van der Waals surface area (Å²) in [5, 5.41) is 0. The molecule has 0 radical (unpaired) electrons. The molecule has 0 bridgehead atoms. The number of likely N-dealkylation sites (tertiary alicyclic amines) is 1. The van der Waals surface area contributed by atoms with Gasteiger partial charge < -0.3 is 10.6 Å². The van der Waals surface area contributed by atoms with Crippen molar-refractivity contribution in [1.29, 1.82) is 0 Å². The number of carbonyl (C=O) groups is 1. The van der Waals surface area contributed by atoms with E-state index in [-0.39, 0.29) is 18.4 Å². The third-order valence-corrected chi connectivity index (χ3v) is 3.13.